The van der Waals surface area contributed by atoms with Gasteiger partial charge in [0, 0.05) is 23.2 Å². The molecular weight excluding hydrogens is 459 g/mol. The fraction of sp³-hybridized carbons (Fsp3) is 0.174. The summed E-state index contributed by atoms with van der Waals surface area (Å²) in [6, 6.07) is 14.6. The lowest BCUT2D eigenvalue weighted by Gasteiger charge is -2.22. The van der Waals surface area contributed by atoms with Gasteiger partial charge in [-0.15, -0.1) is 13.2 Å². The molecule has 0 aliphatic carbocycles. The topological polar surface area (TPSA) is 71.5 Å². The van der Waals surface area contributed by atoms with Crippen LogP contribution in [0.15, 0.2) is 66.9 Å². The Morgan fingerprint density at radius 3 is 2.48 bits per heavy atom. The van der Waals surface area contributed by atoms with Gasteiger partial charge in [-0.2, -0.15) is 0 Å². The zero-order chi connectivity index (χ0) is 23.8. The lowest BCUT2D eigenvalue weighted by atomic mass is 9.92. The molecule has 4 rings (SSSR count). The zero-order valence-electron chi connectivity index (χ0n) is 17.2. The second-order valence-corrected chi connectivity index (χ2v) is 8.12. The summed E-state index contributed by atoms with van der Waals surface area (Å²) in [7, 11) is 0. The number of carbonyl (C=O) groups excluding carboxylic acids is 2. The number of imide groups is 1. The molecule has 1 aromatic heterocycles. The number of halogens is 4. The smallest absolute Gasteiger partial charge is 0.406 e. The van der Waals surface area contributed by atoms with E-state index in [9.17, 15) is 22.8 Å². The number of aromatic nitrogens is 1. The molecule has 1 saturated heterocycles. The number of hydrogen-bond donors (Lipinski definition) is 1. The Morgan fingerprint density at radius 2 is 1.82 bits per heavy atom. The number of hydrogen-bond acceptors (Lipinski definition) is 4. The molecule has 1 unspecified atom stereocenters. The Bertz CT molecular complexity index is 1220. The Hall–Kier alpha value is -3.59. The highest BCUT2D eigenvalue weighted by Crippen LogP contribution is 2.31. The highest BCUT2D eigenvalue weighted by molar-refractivity contribution is 6.30. The summed E-state index contributed by atoms with van der Waals surface area (Å²) in [5.74, 6) is -0.982. The molecule has 6 nitrogen and oxygen atoms in total. The molecule has 0 saturated carbocycles. The van der Waals surface area contributed by atoms with Crippen molar-refractivity contribution in [1.29, 1.82) is 0 Å². The molecule has 1 fully saturated rings. The van der Waals surface area contributed by atoms with Crippen LogP contribution >= 0.6 is 11.6 Å². The van der Waals surface area contributed by atoms with E-state index < -0.39 is 29.6 Å². The third-order valence-electron chi connectivity index (χ3n) is 5.09. The minimum Gasteiger partial charge on any atom is -0.406 e. The predicted molar refractivity (Wildman–Crippen MR) is 116 cm³/mol. The molecule has 0 bridgehead atoms. The fourth-order valence-electron chi connectivity index (χ4n) is 3.63. The van der Waals surface area contributed by atoms with Gasteiger partial charge in [0.2, 0.25) is 0 Å². The lowest BCUT2D eigenvalue weighted by molar-refractivity contribution is -0.274. The van der Waals surface area contributed by atoms with Gasteiger partial charge in [-0.25, -0.2) is 9.69 Å². The second kappa shape index (κ2) is 8.40. The molecule has 2 heterocycles. The fourth-order valence-corrected chi connectivity index (χ4v) is 3.82. The first-order chi connectivity index (χ1) is 15.5. The van der Waals surface area contributed by atoms with Gasteiger partial charge >= 0.3 is 12.4 Å². The maximum Gasteiger partial charge on any atom is 0.573 e. The van der Waals surface area contributed by atoms with Crippen molar-refractivity contribution < 1.29 is 27.5 Å². The van der Waals surface area contributed by atoms with Crippen molar-refractivity contribution >= 4 is 29.2 Å². The molecule has 3 amide bonds. The molecule has 33 heavy (non-hydrogen) atoms. The Kier molecular flexibility index (Phi) is 5.75. The number of urea groups is 1. The van der Waals surface area contributed by atoms with Gasteiger partial charge in [-0.3, -0.25) is 9.78 Å². The van der Waals surface area contributed by atoms with E-state index in [0.717, 1.165) is 28.2 Å². The number of carbonyl (C=O) groups is 2. The number of benzene rings is 2. The Balaban J connectivity index is 1.55. The predicted octanol–water partition coefficient (Wildman–Crippen LogP) is 5.36. The van der Waals surface area contributed by atoms with Crippen LogP contribution in [0.1, 0.15) is 12.5 Å². The maximum atomic E-state index is 13.2. The van der Waals surface area contributed by atoms with Crippen molar-refractivity contribution in [3.8, 4) is 17.0 Å². The Labute approximate surface area is 191 Å². The van der Waals surface area contributed by atoms with Crippen molar-refractivity contribution in [2.24, 2.45) is 0 Å². The average Bonchev–Trinajstić information content (AvgIpc) is 2.96. The summed E-state index contributed by atoms with van der Waals surface area (Å²) in [6.07, 6.45) is -3.05. The molecule has 10 heteroatoms. The van der Waals surface area contributed by atoms with Crippen LogP contribution in [0.25, 0.3) is 11.3 Å². The van der Waals surface area contributed by atoms with Gasteiger partial charge in [0.15, 0.2) is 0 Å². The molecule has 0 radical (unpaired) electrons. The first-order valence-corrected chi connectivity index (χ1v) is 10.2. The molecule has 0 spiro atoms. The number of rotatable bonds is 5. The van der Waals surface area contributed by atoms with E-state index in [1.807, 2.05) is 12.1 Å². The van der Waals surface area contributed by atoms with Crippen molar-refractivity contribution in [1.82, 2.24) is 10.3 Å². The van der Waals surface area contributed by atoms with E-state index in [1.54, 1.807) is 37.4 Å². The summed E-state index contributed by atoms with van der Waals surface area (Å²) in [5.41, 5.74) is 1.09. The number of nitrogens with one attached hydrogen (secondary N) is 1. The van der Waals surface area contributed by atoms with E-state index in [2.05, 4.69) is 15.0 Å². The molecule has 170 valence electrons. The highest BCUT2D eigenvalue weighted by atomic mass is 35.5. The van der Waals surface area contributed by atoms with E-state index in [4.69, 9.17) is 11.6 Å². The number of ether oxygens (including phenoxy) is 1. The monoisotopic (exact) mass is 475 g/mol. The van der Waals surface area contributed by atoms with E-state index in [-0.39, 0.29) is 12.1 Å². The third kappa shape index (κ3) is 4.93. The summed E-state index contributed by atoms with van der Waals surface area (Å²) in [4.78, 5) is 31.0. The molecule has 1 aliphatic heterocycles. The minimum absolute atomic E-state index is 0.130. The van der Waals surface area contributed by atoms with Crippen molar-refractivity contribution in [2.45, 2.75) is 25.2 Å². The lowest BCUT2D eigenvalue weighted by Crippen LogP contribution is -2.46. The van der Waals surface area contributed by atoms with E-state index in [1.165, 1.54) is 12.1 Å². The van der Waals surface area contributed by atoms with Crippen LogP contribution < -0.4 is 15.0 Å². The van der Waals surface area contributed by atoms with Crippen LogP contribution in [0, 0.1) is 0 Å². The van der Waals surface area contributed by atoms with Gasteiger partial charge < -0.3 is 10.1 Å². The number of amides is 3. The van der Waals surface area contributed by atoms with Crippen molar-refractivity contribution in [3.05, 3.63) is 77.4 Å². The molecule has 1 aliphatic rings. The van der Waals surface area contributed by atoms with Gasteiger partial charge in [-0.05, 0) is 61.0 Å². The summed E-state index contributed by atoms with van der Waals surface area (Å²) >= 11 is 6.06. The first kappa shape index (κ1) is 22.6. The second-order valence-electron chi connectivity index (χ2n) is 7.68. The van der Waals surface area contributed by atoms with Crippen LogP contribution in [-0.4, -0.2) is 28.8 Å². The van der Waals surface area contributed by atoms with Gasteiger partial charge in [-0.1, -0.05) is 23.7 Å². The molecular formula is C23H17ClF3N3O3. The Morgan fingerprint density at radius 1 is 1.09 bits per heavy atom. The third-order valence-corrected chi connectivity index (χ3v) is 5.33. The maximum absolute atomic E-state index is 13.2. The highest BCUT2D eigenvalue weighted by Gasteiger charge is 2.48. The molecule has 2 aromatic carbocycles. The summed E-state index contributed by atoms with van der Waals surface area (Å²) in [6.45, 7) is 1.59. The molecule has 3 aromatic rings. The number of nitrogens with zero attached hydrogens (tertiary/aromatic N) is 2. The standard InChI is InChI=1S/C23H17ClF3N3O3/c1-22(13-14-9-10-28-19(11-14)15-3-2-4-16(24)12-15)20(31)30(21(32)29-22)17-5-7-18(8-6-17)33-23(25,26)27/h2-12H,13H2,1H3,(H,29,32). The van der Waals surface area contributed by atoms with Crippen molar-refractivity contribution in [3.63, 3.8) is 0 Å². The summed E-state index contributed by atoms with van der Waals surface area (Å²) in [5, 5.41) is 3.25. The average molecular weight is 476 g/mol. The van der Waals surface area contributed by atoms with E-state index in [0.29, 0.717) is 10.7 Å². The van der Waals surface area contributed by atoms with Crippen molar-refractivity contribution in [2.75, 3.05) is 4.90 Å². The van der Waals surface area contributed by atoms with Crippen LogP contribution in [0.2, 0.25) is 5.02 Å². The van der Waals surface area contributed by atoms with Gasteiger partial charge in [0.05, 0.1) is 11.4 Å². The van der Waals surface area contributed by atoms with Crippen LogP contribution in [0.5, 0.6) is 5.75 Å². The zero-order valence-corrected chi connectivity index (χ0v) is 17.9. The minimum atomic E-state index is -4.84. The number of alkyl halides is 3. The SMILES string of the molecule is CC1(Cc2ccnc(-c3cccc(Cl)c3)c2)NC(=O)N(c2ccc(OC(F)(F)F)cc2)C1=O. The molecule has 1 atom stereocenters. The van der Waals surface area contributed by atoms with Gasteiger partial charge in [0.25, 0.3) is 5.91 Å². The normalized spacial score (nSPS) is 18.4. The quantitative estimate of drug-likeness (QED) is 0.504. The van der Waals surface area contributed by atoms with Crippen LogP contribution in [0.4, 0.5) is 23.7 Å². The first-order valence-electron chi connectivity index (χ1n) is 9.77. The summed E-state index contributed by atoms with van der Waals surface area (Å²) < 4.78 is 40.9. The number of anilines is 1. The van der Waals surface area contributed by atoms with Crippen LogP contribution in [0.3, 0.4) is 0 Å². The van der Waals surface area contributed by atoms with Crippen LogP contribution in [-0.2, 0) is 11.2 Å². The molecule has 1 N–H and O–H groups in total. The van der Waals surface area contributed by atoms with Gasteiger partial charge in [0.1, 0.15) is 11.3 Å². The largest absolute Gasteiger partial charge is 0.573 e. The number of pyridine rings is 1. The van der Waals surface area contributed by atoms with E-state index >= 15 is 0 Å².